The molecule has 1 aromatic carbocycles. The van der Waals surface area contributed by atoms with E-state index in [0.29, 0.717) is 47.0 Å². The molecule has 3 aromatic heterocycles. The van der Waals surface area contributed by atoms with Gasteiger partial charge in [0.05, 0.1) is 24.9 Å². The first kappa shape index (κ1) is 25.3. The highest BCUT2D eigenvalue weighted by molar-refractivity contribution is 6.08. The fourth-order valence-electron chi connectivity index (χ4n) is 4.16. The van der Waals surface area contributed by atoms with Gasteiger partial charge in [0.2, 0.25) is 0 Å². The molecule has 0 atom stereocenters. The molecule has 0 aliphatic rings. The maximum absolute atomic E-state index is 13.7. The number of halogens is 2. The van der Waals surface area contributed by atoms with Gasteiger partial charge in [0.25, 0.3) is 5.91 Å². The SMILES string of the molecule is CC(C)COc1cnc2c(c1)c(C(=O)NCc1ccc(F)c(F)c1)c(C(C)C)n2Cc1cccnc1. The number of hydrogen-bond donors (Lipinski definition) is 1. The molecule has 1 N–H and O–H groups in total. The number of amides is 1. The quantitative estimate of drug-likeness (QED) is 0.318. The van der Waals surface area contributed by atoms with Crippen LogP contribution in [0, 0.1) is 17.6 Å². The van der Waals surface area contributed by atoms with E-state index in [1.54, 1.807) is 18.6 Å². The number of rotatable bonds is 9. The number of aromatic nitrogens is 3. The summed E-state index contributed by atoms with van der Waals surface area (Å²) in [7, 11) is 0. The number of benzene rings is 1. The van der Waals surface area contributed by atoms with E-state index in [0.717, 1.165) is 23.4 Å². The van der Waals surface area contributed by atoms with Crippen LogP contribution in [0.3, 0.4) is 0 Å². The van der Waals surface area contributed by atoms with Gasteiger partial charge in [-0.15, -0.1) is 0 Å². The zero-order valence-electron chi connectivity index (χ0n) is 20.9. The summed E-state index contributed by atoms with van der Waals surface area (Å²) in [6.07, 6.45) is 5.19. The first-order valence-electron chi connectivity index (χ1n) is 12.0. The topological polar surface area (TPSA) is 69.0 Å². The number of nitrogens with zero attached hydrogens (tertiary/aromatic N) is 3. The van der Waals surface area contributed by atoms with E-state index in [1.807, 2.05) is 36.6 Å². The molecular formula is C28H30F2N4O2. The van der Waals surface area contributed by atoms with Crippen molar-refractivity contribution in [2.75, 3.05) is 6.61 Å². The Labute approximate surface area is 209 Å². The van der Waals surface area contributed by atoms with E-state index in [-0.39, 0.29) is 18.4 Å². The third kappa shape index (κ3) is 5.53. The van der Waals surface area contributed by atoms with E-state index in [9.17, 15) is 13.6 Å². The largest absolute Gasteiger partial charge is 0.492 e. The zero-order chi connectivity index (χ0) is 25.8. The average Bonchev–Trinajstić information content (AvgIpc) is 3.17. The predicted molar refractivity (Wildman–Crippen MR) is 135 cm³/mol. The number of nitrogens with one attached hydrogen (secondary N) is 1. The van der Waals surface area contributed by atoms with Gasteiger partial charge in [0.1, 0.15) is 11.4 Å². The van der Waals surface area contributed by atoms with Gasteiger partial charge in [-0.25, -0.2) is 13.8 Å². The smallest absolute Gasteiger partial charge is 0.254 e. The van der Waals surface area contributed by atoms with Crippen LogP contribution in [0.5, 0.6) is 5.75 Å². The highest BCUT2D eigenvalue weighted by atomic mass is 19.2. The Morgan fingerprint density at radius 3 is 2.53 bits per heavy atom. The van der Waals surface area contributed by atoms with Crippen molar-refractivity contribution in [3.8, 4) is 5.75 Å². The summed E-state index contributed by atoms with van der Waals surface area (Å²) < 4.78 is 34.9. The Hall–Kier alpha value is -3.81. The van der Waals surface area contributed by atoms with E-state index in [1.165, 1.54) is 6.07 Å². The minimum absolute atomic E-state index is 0.0000746. The van der Waals surface area contributed by atoms with Gasteiger partial charge >= 0.3 is 0 Å². The van der Waals surface area contributed by atoms with E-state index < -0.39 is 11.6 Å². The van der Waals surface area contributed by atoms with Crippen LogP contribution in [0.1, 0.15) is 60.8 Å². The molecule has 0 saturated heterocycles. The van der Waals surface area contributed by atoms with Crippen molar-refractivity contribution in [1.29, 1.82) is 0 Å². The monoisotopic (exact) mass is 492 g/mol. The molecule has 0 aliphatic heterocycles. The van der Waals surface area contributed by atoms with Crippen LogP contribution >= 0.6 is 0 Å². The van der Waals surface area contributed by atoms with E-state index >= 15 is 0 Å². The van der Waals surface area contributed by atoms with Crippen molar-refractivity contribution in [3.05, 3.63) is 89.0 Å². The second kappa shape index (κ2) is 10.8. The fourth-order valence-corrected chi connectivity index (χ4v) is 4.16. The molecule has 0 fully saturated rings. The summed E-state index contributed by atoms with van der Waals surface area (Å²) in [5.41, 5.74) is 3.43. The Balaban J connectivity index is 1.78. The summed E-state index contributed by atoms with van der Waals surface area (Å²) in [6, 6.07) is 9.29. The number of hydrogen-bond acceptors (Lipinski definition) is 4. The van der Waals surface area contributed by atoms with E-state index in [4.69, 9.17) is 4.74 Å². The lowest BCUT2D eigenvalue weighted by Gasteiger charge is -2.15. The Morgan fingerprint density at radius 1 is 1.06 bits per heavy atom. The molecule has 0 unspecified atom stereocenters. The van der Waals surface area contributed by atoms with Gasteiger partial charge in [-0.3, -0.25) is 9.78 Å². The fraction of sp³-hybridized carbons (Fsp3) is 0.321. The Morgan fingerprint density at radius 2 is 1.86 bits per heavy atom. The third-order valence-electron chi connectivity index (χ3n) is 5.77. The minimum atomic E-state index is -0.950. The molecule has 6 nitrogen and oxygen atoms in total. The molecule has 0 aliphatic carbocycles. The zero-order valence-corrected chi connectivity index (χ0v) is 20.9. The second-order valence-electron chi connectivity index (χ2n) is 9.54. The number of fused-ring (bicyclic) bond motifs is 1. The summed E-state index contributed by atoms with van der Waals surface area (Å²) in [6.45, 7) is 9.24. The van der Waals surface area contributed by atoms with Crippen LogP contribution in [0.2, 0.25) is 0 Å². The number of carbonyl (C=O) groups is 1. The van der Waals surface area contributed by atoms with Crippen molar-refractivity contribution in [2.45, 2.75) is 46.7 Å². The van der Waals surface area contributed by atoms with Gasteiger partial charge < -0.3 is 14.6 Å². The molecule has 4 aromatic rings. The predicted octanol–water partition coefficient (Wildman–Crippen LogP) is 5.85. The molecular weight excluding hydrogens is 462 g/mol. The molecule has 4 rings (SSSR count). The van der Waals surface area contributed by atoms with Crippen molar-refractivity contribution in [1.82, 2.24) is 19.9 Å². The maximum Gasteiger partial charge on any atom is 0.254 e. The molecule has 3 heterocycles. The summed E-state index contributed by atoms with van der Waals surface area (Å²) in [5, 5.41) is 3.55. The molecule has 0 saturated carbocycles. The summed E-state index contributed by atoms with van der Waals surface area (Å²) in [5.74, 6) is -1.28. The first-order valence-corrected chi connectivity index (χ1v) is 12.0. The van der Waals surface area contributed by atoms with Crippen LogP contribution in [0.15, 0.2) is 55.0 Å². The number of pyridine rings is 2. The van der Waals surface area contributed by atoms with E-state index in [2.05, 4.69) is 29.1 Å². The van der Waals surface area contributed by atoms with Crippen LogP contribution < -0.4 is 10.1 Å². The first-order chi connectivity index (χ1) is 17.2. The molecule has 0 bridgehead atoms. The van der Waals surface area contributed by atoms with Crippen molar-refractivity contribution in [3.63, 3.8) is 0 Å². The van der Waals surface area contributed by atoms with Crippen molar-refractivity contribution in [2.24, 2.45) is 5.92 Å². The van der Waals surface area contributed by atoms with Gasteiger partial charge in [0, 0.05) is 30.0 Å². The summed E-state index contributed by atoms with van der Waals surface area (Å²) >= 11 is 0. The molecule has 188 valence electrons. The van der Waals surface area contributed by atoms with Gasteiger partial charge in [-0.2, -0.15) is 0 Å². The lowest BCUT2D eigenvalue weighted by molar-refractivity contribution is 0.0951. The molecule has 0 radical (unpaired) electrons. The number of carbonyl (C=O) groups excluding carboxylic acids is 1. The lowest BCUT2D eigenvalue weighted by Crippen LogP contribution is -2.24. The van der Waals surface area contributed by atoms with Gasteiger partial charge in [-0.1, -0.05) is 39.8 Å². The Kier molecular flexibility index (Phi) is 7.62. The molecule has 8 heteroatoms. The normalized spacial score (nSPS) is 11.4. The van der Waals surface area contributed by atoms with Gasteiger partial charge in [0.15, 0.2) is 11.6 Å². The second-order valence-corrected chi connectivity index (χ2v) is 9.54. The van der Waals surface area contributed by atoms with Gasteiger partial charge in [-0.05, 0) is 47.2 Å². The van der Waals surface area contributed by atoms with Crippen molar-refractivity contribution >= 4 is 16.9 Å². The van der Waals surface area contributed by atoms with Crippen LogP contribution in [-0.4, -0.2) is 27.0 Å². The minimum Gasteiger partial charge on any atom is -0.492 e. The average molecular weight is 493 g/mol. The maximum atomic E-state index is 13.7. The standard InChI is InChI=1S/C28H30F2N4O2/c1-17(2)16-36-21-11-22-25(28(35)33-13-19-7-8-23(29)24(30)10-19)26(18(3)4)34(27(22)32-14-21)15-20-6-5-9-31-12-20/h5-12,14,17-18H,13,15-16H2,1-4H3,(H,33,35). The summed E-state index contributed by atoms with van der Waals surface area (Å²) in [4.78, 5) is 22.5. The van der Waals surface area contributed by atoms with Crippen LogP contribution in [0.25, 0.3) is 11.0 Å². The molecule has 1 amide bonds. The lowest BCUT2D eigenvalue weighted by atomic mass is 10.0. The highest BCUT2D eigenvalue weighted by Crippen LogP contribution is 2.33. The highest BCUT2D eigenvalue weighted by Gasteiger charge is 2.26. The van der Waals surface area contributed by atoms with Crippen LogP contribution in [-0.2, 0) is 13.1 Å². The Bertz CT molecular complexity index is 1370. The van der Waals surface area contributed by atoms with Crippen LogP contribution in [0.4, 0.5) is 8.78 Å². The van der Waals surface area contributed by atoms with Crippen molar-refractivity contribution < 1.29 is 18.3 Å². The number of ether oxygens (including phenoxy) is 1. The molecule has 36 heavy (non-hydrogen) atoms. The molecule has 0 spiro atoms. The third-order valence-corrected chi connectivity index (χ3v) is 5.77.